The zero-order chi connectivity index (χ0) is 14.9. The number of benzene rings is 1. The van der Waals surface area contributed by atoms with Crippen molar-refractivity contribution in [1.82, 2.24) is 4.37 Å². The number of halogens is 3. The molecule has 2 rings (SSSR count). The molecular formula is C11H5Cl3N2O3S. The molecule has 1 amide bonds. The fourth-order valence-corrected chi connectivity index (χ4v) is 2.67. The number of rotatable bonds is 3. The van der Waals surface area contributed by atoms with E-state index in [4.69, 9.17) is 39.9 Å². The van der Waals surface area contributed by atoms with E-state index in [9.17, 15) is 9.59 Å². The van der Waals surface area contributed by atoms with Crippen LogP contribution in [0.5, 0.6) is 0 Å². The van der Waals surface area contributed by atoms with Crippen LogP contribution in [0.2, 0.25) is 15.2 Å². The molecule has 0 bridgehead atoms. The molecule has 0 aliphatic carbocycles. The summed E-state index contributed by atoms with van der Waals surface area (Å²) in [5.74, 6) is -1.80. The van der Waals surface area contributed by atoms with Gasteiger partial charge in [0.15, 0.2) is 5.15 Å². The van der Waals surface area contributed by atoms with Crippen molar-refractivity contribution in [3.05, 3.63) is 43.8 Å². The van der Waals surface area contributed by atoms with Gasteiger partial charge in [-0.3, -0.25) is 4.79 Å². The zero-order valence-electron chi connectivity index (χ0n) is 9.49. The Morgan fingerprint density at radius 2 is 1.95 bits per heavy atom. The van der Waals surface area contributed by atoms with Crippen molar-refractivity contribution in [3.8, 4) is 0 Å². The van der Waals surface area contributed by atoms with E-state index in [2.05, 4.69) is 9.69 Å². The summed E-state index contributed by atoms with van der Waals surface area (Å²) in [5, 5.41) is 11.8. The predicted octanol–water partition coefficient (Wildman–Crippen LogP) is 4.05. The van der Waals surface area contributed by atoms with Crippen molar-refractivity contribution in [3.63, 3.8) is 0 Å². The molecule has 5 nitrogen and oxygen atoms in total. The normalized spacial score (nSPS) is 10.3. The monoisotopic (exact) mass is 350 g/mol. The lowest BCUT2D eigenvalue weighted by Gasteiger charge is -2.08. The lowest BCUT2D eigenvalue weighted by molar-refractivity contribution is 0.0698. The molecule has 0 radical (unpaired) electrons. The Morgan fingerprint density at radius 3 is 2.50 bits per heavy atom. The predicted molar refractivity (Wildman–Crippen MR) is 78.5 cm³/mol. The van der Waals surface area contributed by atoms with Gasteiger partial charge in [-0.2, -0.15) is 4.37 Å². The Balaban J connectivity index is 2.35. The Kier molecular flexibility index (Phi) is 4.49. The van der Waals surface area contributed by atoms with Crippen LogP contribution in [-0.2, 0) is 0 Å². The van der Waals surface area contributed by atoms with Crippen LogP contribution in [-0.4, -0.2) is 21.4 Å². The van der Waals surface area contributed by atoms with E-state index in [0.29, 0.717) is 5.02 Å². The van der Waals surface area contributed by atoms with Gasteiger partial charge in [0.2, 0.25) is 0 Å². The average molecular weight is 352 g/mol. The van der Waals surface area contributed by atoms with Crippen molar-refractivity contribution in [2.75, 3.05) is 5.32 Å². The van der Waals surface area contributed by atoms with Crippen LogP contribution >= 0.6 is 46.3 Å². The largest absolute Gasteiger partial charge is 0.478 e. The van der Waals surface area contributed by atoms with Gasteiger partial charge >= 0.3 is 5.97 Å². The van der Waals surface area contributed by atoms with E-state index in [1.165, 1.54) is 18.2 Å². The summed E-state index contributed by atoms with van der Waals surface area (Å²) in [6, 6.07) is 4.04. The lowest BCUT2D eigenvalue weighted by Crippen LogP contribution is -2.14. The Hall–Kier alpha value is -1.34. The van der Waals surface area contributed by atoms with Crippen molar-refractivity contribution >= 4 is 63.9 Å². The van der Waals surface area contributed by atoms with Gasteiger partial charge in [-0.05, 0) is 29.7 Å². The van der Waals surface area contributed by atoms with Crippen molar-refractivity contribution in [2.45, 2.75) is 0 Å². The maximum Gasteiger partial charge on any atom is 0.337 e. The van der Waals surface area contributed by atoms with Crippen LogP contribution in [0.4, 0.5) is 5.69 Å². The molecule has 9 heteroatoms. The standard InChI is InChI=1S/C11H5Cl3N2O3S/c12-4-1-2-5(11(18)19)6(3-4)15-10(17)8-7(13)9(14)16-20-8/h1-3H,(H,15,17)(H,18,19). The number of carboxylic acids is 1. The topological polar surface area (TPSA) is 79.3 Å². The molecule has 0 saturated carbocycles. The zero-order valence-corrected chi connectivity index (χ0v) is 12.6. The van der Waals surface area contributed by atoms with Crippen molar-refractivity contribution in [1.29, 1.82) is 0 Å². The third-order valence-electron chi connectivity index (χ3n) is 2.26. The second kappa shape index (κ2) is 5.97. The summed E-state index contributed by atoms with van der Waals surface area (Å²) in [6.45, 7) is 0. The third-order valence-corrected chi connectivity index (χ3v) is 4.30. The second-order valence-electron chi connectivity index (χ2n) is 3.57. The molecule has 0 atom stereocenters. The van der Waals surface area contributed by atoms with E-state index < -0.39 is 11.9 Å². The van der Waals surface area contributed by atoms with Crippen LogP contribution in [0, 0.1) is 0 Å². The molecule has 0 aliphatic rings. The summed E-state index contributed by atoms with van der Waals surface area (Å²) in [5.41, 5.74) is -0.0231. The highest BCUT2D eigenvalue weighted by molar-refractivity contribution is 7.09. The van der Waals surface area contributed by atoms with Crippen molar-refractivity contribution < 1.29 is 14.7 Å². The van der Waals surface area contributed by atoms with Crippen LogP contribution in [0.3, 0.4) is 0 Å². The van der Waals surface area contributed by atoms with Gasteiger partial charge in [-0.15, -0.1) is 0 Å². The van der Waals surface area contributed by atoms with Gasteiger partial charge in [0, 0.05) is 5.02 Å². The first-order chi connectivity index (χ1) is 9.40. The van der Waals surface area contributed by atoms with Gasteiger partial charge in [0.05, 0.1) is 11.3 Å². The van der Waals surface area contributed by atoms with Gasteiger partial charge in [0.1, 0.15) is 9.90 Å². The van der Waals surface area contributed by atoms with Crippen LogP contribution in [0.25, 0.3) is 0 Å². The fourth-order valence-electron chi connectivity index (χ4n) is 1.39. The Morgan fingerprint density at radius 1 is 1.25 bits per heavy atom. The maximum absolute atomic E-state index is 12.0. The minimum atomic E-state index is -1.19. The second-order valence-corrected chi connectivity index (χ2v) is 5.51. The first kappa shape index (κ1) is 15.1. The molecule has 0 unspecified atom stereocenters. The van der Waals surface area contributed by atoms with E-state index >= 15 is 0 Å². The summed E-state index contributed by atoms with van der Waals surface area (Å²) < 4.78 is 3.73. The number of carbonyl (C=O) groups is 2. The number of anilines is 1. The van der Waals surface area contributed by atoms with Crippen LogP contribution < -0.4 is 5.32 Å². The Labute approximate surface area is 132 Å². The molecule has 1 aromatic carbocycles. The summed E-state index contributed by atoms with van der Waals surface area (Å²) in [7, 11) is 0. The number of hydrogen-bond acceptors (Lipinski definition) is 4. The number of nitrogens with zero attached hydrogens (tertiary/aromatic N) is 1. The fraction of sp³-hybridized carbons (Fsp3) is 0. The molecule has 0 aliphatic heterocycles. The smallest absolute Gasteiger partial charge is 0.337 e. The lowest BCUT2D eigenvalue weighted by atomic mass is 10.2. The van der Waals surface area contributed by atoms with E-state index in [1.54, 1.807) is 0 Å². The quantitative estimate of drug-likeness (QED) is 0.874. The van der Waals surface area contributed by atoms with Gasteiger partial charge < -0.3 is 10.4 Å². The molecule has 0 spiro atoms. The number of aromatic carboxylic acids is 1. The van der Waals surface area contributed by atoms with E-state index in [-0.39, 0.29) is 26.3 Å². The molecule has 1 heterocycles. The number of carboxylic acid groups (broad SMARTS) is 1. The molecule has 1 aromatic heterocycles. The summed E-state index contributed by atoms with van der Waals surface area (Å²) in [6.07, 6.45) is 0. The van der Waals surface area contributed by atoms with Crippen LogP contribution in [0.15, 0.2) is 18.2 Å². The molecule has 104 valence electrons. The summed E-state index contributed by atoms with van der Waals surface area (Å²) in [4.78, 5) is 23.2. The number of aromatic nitrogens is 1. The highest BCUT2D eigenvalue weighted by Gasteiger charge is 2.20. The minimum absolute atomic E-state index is 0.0198. The number of amides is 1. The molecule has 0 fully saturated rings. The molecule has 2 N–H and O–H groups in total. The molecule has 0 saturated heterocycles. The van der Waals surface area contributed by atoms with Gasteiger partial charge in [-0.25, -0.2) is 4.79 Å². The first-order valence-electron chi connectivity index (χ1n) is 5.05. The summed E-state index contributed by atoms with van der Waals surface area (Å²) >= 11 is 18.1. The average Bonchev–Trinajstić information content (AvgIpc) is 2.69. The van der Waals surface area contributed by atoms with Crippen molar-refractivity contribution in [2.24, 2.45) is 0 Å². The first-order valence-corrected chi connectivity index (χ1v) is 6.95. The highest BCUT2D eigenvalue weighted by atomic mass is 35.5. The maximum atomic E-state index is 12.0. The SMILES string of the molecule is O=C(O)c1ccc(Cl)cc1NC(=O)c1snc(Cl)c1Cl. The Bertz CT molecular complexity index is 702. The molecular weight excluding hydrogens is 347 g/mol. The number of hydrogen-bond donors (Lipinski definition) is 2. The van der Waals surface area contributed by atoms with E-state index in [1.807, 2.05) is 0 Å². The molecule has 20 heavy (non-hydrogen) atoms. The third kappa shape index (κ3) is 3.04. The van der Waals surface area contributed by atoms with Crippen LogP contribution in [0.1, 0.15) is 20.0 Å². The highest BCUT2D eigenvalue weighted by Crippen LogP contribution is 2.30. The van der Waals surface area contributed by atoms with Gasteiger partial charge in [-0.1, -0.05) is 34.8 Å². The van der Waals surface area contributed by atoms with Gasteiger partial charge in [0.25, 0.3) is 5.91 Å². The number of nitrogens with one attached hydrogen (secondary N) is 1. The van der Waals surface area contributed by atoms with E-state index in [0.717, 1.165) is 11.5 Å². The minimum Gasteiger partial charge on any atom is -0.478 e. The molecule has 2 aromatic rings. The number of carbonyl (C=O) groups excluding carboxylic acids is 1.